The molecule has 2 aromatic rings. The molecule has 0 aliphatic carbocycles. The largest absolute Gasteiger partial charge is 0.435 e. The molecule has 0 bridgehead atoms. The van der Waals surface area contributed by atoms with Gasteiger partial charge >= 0.3 is 12.4 Å². The van der Waals surface area contributed by atoms with E-state index in [0.717, 1.165) is 24.3 Å². The molecular weight excluding hydrogens is 384 g/mol. The van der Waals surface area contributed by atoms with Crippen molar-refractivity contribution in [3.63, 3.8) is 0 Å². The molecule has 1 radical (unpaired) electrons. The van der Waals surface area contributed by atoms with E-state index in [1.165, 1.54) is 12.1 Å². The van der Waals surface area contributed by atoms with Crippen LogP contribution < -0.4 is 0 Å². The highest BCUT2D eigenvalue weighted by molar-refractivity contribution is 6.01. The molecule has 3 rings (SSSR count). The molecule has 0 fully saturated rings. The normalized spacial score (nSPS) is 20.1. The maximum atomic E-state index is 14.0. The lowest BCUT2D eigenvalue weighted by Crippen LogP contribution is -2.42. The first-order valence-electron chi connectivity index (χ1n) is 8.49. The van der Waals surface area contributed by atoms with Crippen molar-refractivity contribution in [3.8, 4) is 0 Å². The van der Waals surface area contributed by atoms with E-state index in [1.807, 2.05) is 0 Å². The standard InChI is InChI=1S/C20H16F6NO/c1-3-13-8-12(2)9-16(10-13)18(20(24,25)26)11-17(27-28-18)14-4-6-15(7-5-14)19(21,22)23/h4-7,9-10H,3,11H2,1-2H3. The van der Waals surface area contributed by atoms with Crippen molar-refractivity contribution >= 4 is 5.71 Å². The van der Waals surface area contributed by atoms with Gasteiger partial charge in [-0.25, -0.2) is 0 Å². The fourth-order valence-electron chi connectivity index (χ4n) is 3.12. The number of halogens is 6. The van der Waals surface area contributed by atoms with Crippen molar-refractivity contribution in [2.45, 2.75) is 44.6 Å². The highest BCUT2D eigenvalue weighted by atomic mass is 19.4. The Morgan fingerprint density at radius 2 is 1.71 bits per heavy atom. The van der Waals surface area contributed by atoms with E-state index in [2.05, 4.69) is 11.2 Å². The monoisotopic (exact) mass is 400 g/mol. The zero-order chi connectivity index (χ0) is 20.7. The van der Waals surface area contributed by atoms with Crippen molar-refractivity contribution in [1.82, 2.24) is 0 Å². The fraction of sp³-hybridized carbons (Fsp3) is 0.350. The summed E-state index contributed by atoms with van der Waals surface area (Å²) in [6, 6.07) is 9.52. The Hall–Kier alpha value is -2.51. The van der Waals surface area contributed by atoms with E-state index >= 15 is 0 Å². The van der Waals surface area contributed by atoms with Crippen LogP contribution in [0.2, 0.25) is 0 Å². The summed E-state index contributed by atoms with van der Waals surface area (Å²) in [7, 11) is 0. The molecule has 2 aromatic carbocycles. The van der Waals surface area contributed by atoms with Crippen LogP contribution in [0.5, 0.6) is 0 Å². The number of benzene rings is 2. The fourth-order valence-corrected chi connectivity index (χ4v) is 3.12. The molecule has 0 saturated heterocycles. The molecule has 1 aliphatic rings. The molecule has 0 amide bonds. The van der Waals surface area contributed by atoms with Crippen LogP contribution >= 0.6 is 0 Å². The second kappa shape index (κ2) is 6.83. The van der Waals surface area contributed by atoms with Gasteiger partial charge in [0.05, 0.1) is 11.3 Å². The van der Waals surface area contributed by atoms with Gasteiger partial charge in [-0.3, -0.25) is 0 Å². The highest BCUT2D eigenvalue weighted by Crippen LogP contribution is 2.49. The van der Waals surface area contributed by atoms with Gasteiger partial charge < -0.3 is 4.84 Å². The van der Waals surface area contributed by atoms with Crippen LogP contribution in [-0.2, 0) is 23.0 Å². The van der Waals surface area contributed by atoms with Crippen LogP contribution in [0.1, 0.15) is 41.2 Å². The van der Waals surface area contributed by atoms with Crippen LogP contribution in [0.25, 0.3) is 0 Å². The number of oxime groups is 1. The summed E-state index contributed by atoms with van der Waals surface area (Å²) in [5, 5.41) is 3.58. The SMILES string of the molecule is CCc1[c]c(C)cc(C2(C(F)(F)F)CC(c3ccc(C(F)(F)F)cc3)=NO2)c1. The third kappa shape index (κ3) is 3.59. The van der Waals surface area contributed by atoms with Gasteiger partial charge in [-0.1, -0.05) is 36.3 Å². The average molecular weight is 400 g/mol. The molecule has 28 heavy (non-hydrogen) atoms. The molecule has 1 atom stereocenters. The molecule has 1 unspecified atom stereocenters. The van der Waals surface area contributed by atoms with Gasteiger partial charge in [-0.15, -0.1) is 0 Å². The maximum absolute atomic E-state index is 14.0. The predicted octanol–water partition coefficient (Wildman–Crippen LogP) is 5.96. The first kappa shape index (κ1) is 20.2. The third-order valence-electron chi connectivity index (χ3n) is 4.64. The first-order chi connectivity index (χ1) is 13.0. The second-order valence-electron chi connectivity index (χ2n) is 6.64. The van der Waals surface area contributed by atoms with Crippen molar-refractivity contribution < 1.29 is 31.2 Å². The number of hydrogen-bond donors (Lipinski definition) is 0. The summed E-state index contributed by atoms with van der Waals surface area (Å²) >= 11 is 0. The van der Waals surface area contributed by atoms with E-state index in [-0.39, 0.29) is 16.8 Å². The molecule has 0 aromatic heterocycles. The smallest absolute Gasteiger partial charge is 0.374 e. The zero-order valence-corrected chi connectivity index (χ0v) is 15.0. The van der Waals surface area contributed by atoms with Crippen molar-refractivity contribution in [2.75, 3.05) is 0 Å². The highest BCUT2D eigenvalue weighted by Gasteiger charge is 2.62. The Kier molecular flexibility index (Phi) is 4.93. The molecule has 1 heterocycles. The van der Waals surface area contributed by atoms with E-state index in [1.54, 1.807) is 13.8 Å². The predicted molar refractivity (Wildman–Crippen MR) is 90.8 cm³/mol. The minimum absolute atomic E-state index is 0.0606. The Balaban J connectivity index is 1.98. The molecule has 1 aliphatic heterocycles. The quantitative estimate of drug-likeness (QED) is 0.583. The van der Waals surface area contributed by atoms with Gasteiger partial charge in [0.15, 0.2) is 0 Å². The lowest BCUT2D eigenvalue weighted by molar-refractivity contribution is -0.275. The van der Waals surface area contributed by atoms with E-state index in [9.17, 15) is 26.3 Å². The van der Waals surface area contributed by atoms with Crippen LogP contribution in [0.3, 0.4) is 0 Å². The van der Waals surface area contributed by atoms with Gasteiger partial charge in [0.2, 0.25) is 0 Å². The first-order valence-corrected chi connectivity index (χ1v) is 8.49. The molecule has 0 N–H and O–H groups in total. The molecule has 149 valence electrons. The maximum Gasteiger partial charge on any atom is 0.435 e. The Morgan fingerprint density at radius 3 is 2.25 bits per heavy atom. The summed E-state index contributed by atoms with van der Waals surface area (Å²) in [6.45, 7) is 3.44. The Morgan fingerprint density at radius 1 is 1.07 bits per heavy atom. The number of rotatable bonds is 3. The van der Waals surface area contributed by atoms with Gasteiger partial charge in [0.25, 0.3) is 5.60 Å². The van der Waals surface area contributed by atoms with E-state index < -0.39 is 29.9 Å². The number of alkyl halides is 6. The summed E-state index contributed by atoms with van der Waals surface area (Å²) in [4.78, 5) is 4.94. The van der Waals surface area contributed by atoms with Crippen LogP contribution in [-0.4, -0.2) is 11.9 Å². The van der Waals surface area contributed by atoms with Gasteiger partial charge in [0.1, 0.15) is 0 Å². The zero-order valence-electron chi connectivity index (χ0n) is 15.0. The minimum Gasteiger partial charge on any atom is -0.374 e. The summed E-state index contributed by atoms with van der Waals surface area (Å²) in [6.07, 6.45) is -9.44. The number of aryl methyl sites for hydroxylation is 2. The van der Waals surface area contributed by atoms with Crippen molar-refractivity contribution in [2.24, 2.45) is 5.16 Å². The van der Waals surface area contributed by atoms with E-state index in [0.29, 0.717) is 17.5 Å². The average Bonchev–Trinajstić information content (AvgIpc) is 3.07. The van der Waals surface area contributed by atoms with Crippen LogP contribution in [0.4, 0.5) is 26.3 Å². The van der Waals surface area contributed by atoms with E-state index in [4.69, 9.17) is 4.84 Å². The van der Waals surface area contributed by atoms with Gasteiger partial charge in [0, 0.05) is 12.0 Å². The second-order valence-corrected chi connectivity index (χ2v) is 6.64. The van der Waals surface area contributed by atoms with Crippen LogP contribution in [0.15, 0.2) is 41.6 Å². The summed E-state index contributed by atoms with van der Waals surface area (Å²) in [5.41, 5.74) is -2.45. The van der Waals surface area contributed by atoms with Crippen molar-refractivity contribution in [1.29, 1.82) is 0 Å². The Bertz CT molecular complexity index is 898. The number of nitrogens with zero attached hydrogens (tertiary/aromatic N) is 1. The molecular formula is C20H16F6NO. The van der Waals surface area contributed by atoms with Crippen LogP contribution in [0, 0.1) is 13.0 Å². The van der Waals surface area contributed by atoms with Crippen molar-refractivity contribution in [3.05, 3.63) is 70.3 Å². The Labute approximate surface area is 157 Å². The van der Waals surface area contributed by atoms with Gasteiger partial charge in [-0.2, -0.15) is 26.3 Å². The lowest BCUT2D eigenvalue weighted by atomic mass is 9.84. The topological polar surface area (TPSA) is 21.6 Å². The third-order valence-corrected chi connectivity index (χ3v) is 4.64. The molecule has 2 nitrogen and oxygen atoms in total. The molecule has 0 saturated carbocycles. The molecule has 0 spiro atoms. The van der Waals surface area contributed by atoms with Gasteiger partial charge in [-0.05, 0) is 48.2 Å². The molecule has 8 heteroatoms. The summed E-state index contributed by atoms with van der Waals surface area (Å²) < 4.78 is 80.2. The lowest BCUT2D eigenvalue weighted by Gasteiger charge is -2.30. The summed E-state index contributed by atoms with van der Waals surface area (Å²) in [5.74, 6) is 0. The number of hydrogen-bond acceptors (Lipinski definition) is 2. The minimum atomic E-state index is -4.77.